The summed E-state index contributed by atoms with van der Waals surface area (Å²) in [5.74, 6) is 5.46. The molecular formula is C16H31NS2. The Morgan fingerprint density at radius 1 is 1.11 bits per heavy atom. The minimum atomic E-state index is 0.734. The quantitative estimate of drug-likeness (QED) is 0.832. The maximum absolute atomic E-state index is 3.71. The Morgan fingerprint density at radius 3 is 2.47 bits per heavy atom. The highest BCUT2D eigenvalue weighted by molar-refractivity contribution is 8.07. The molecule has 1 N–H and O–H groups in total. The Hall–Kier alpha value is 0.660. The van der Waals surface area contributed by atoms with Crippen molar-refractivity contribution in [2.75, 3.05) is 18.6 Å². The second kappa shape index (κ2) is 7.61. The summed E-state index contributed by atoms with van der Waals surface area (Å²) in [6.07, 6.45) is 5.64. The summed E-state index contributed by atoms with van der Waals surface area (Å²) in [5.41, 5.74) is 0. The van der Waals surface area contributed by atoms with Crippen molar-refractivity contribution in [3.8, 4) is 0 Å². The molecular weight excluding hydrogens is 270 g/mol. The van der Waals surface area contributed by atoms with Gasteiger partial charge in [0.1, 0.15) is 0 Å². The van der Waals surface area contributed by atoms with E-state index in [1.54, 1.807) is 0 Å². The molecule has 0 aromatic carbocycles. The van der Waals surface area contributed by atoms with E-state index in [0.717, 1.165) is 34.3 Å². The van der Waals surface area contributed by atoms with Crippen molar-refractivity contribution in [3.63, 3.8) is 0 Å². The fourth-order valence-corrected chi connectivity index (χ4v) is 7.24. The van der Waals surface area contributed by atoms with E-state index in [1.165, 1.54) is 37.2 Å². The van der Waals surface area contributed by atoms with Gasteiger partial charge in [0.25, 0.3) is 0 Å². The van der Waals surface area contributed by atoms with Gasteiger partial charge in [-0.3, -0.25) is 0 Å². The number of rotatable bonds is 4. The van der Waals surface area contributed by atoms with Crippen molar-refractivity contribution >= 4 is 23.5 Å². The molecule has 2 aliphatic rings. The van der Waals surface area contributed by atoms with Crippen LogP contribution in [0.3, 0.4) is 0 Å². The van der Waals surface area contributed by atoms with Gasteiger partial charge in [0.05, 0.1) is 0 Å². The molecule has 0 spiro atoms. The third-order valence-electron chi connectivity index (χ3n) is 5.33. The molecule has 1 nitrogen and oxygen atoms in total. The fourth-order valence-electron chi connectivity index (χ4n) is 3.85. The molecule has 0 radical (unpaired) electrons. The van der Waals surface area contributed by atoms with Gasteiger partial charge >= 0.3 is 0 Å². The first-order valence-electron chi connectivity index (χ1n) is 8.07. The Morgan fingerprint density at radius 2 is 1.84 bits per heavy atom. The van der Waals surface area contributed by atoms with Crippen LogP contribution in [0.4, 0.5) is 0 Å². The van der Waals surface area contributed by atoms with E-state index in [4.69, 9.17) is 0 Å². The van der Waals surface area contributed by atoms with Crippen LogP contribution in [-0.4, -0.2) is 35.1 Å². The lowest BCUT2D eigenvalue weighted by molar-refractivity contribution is 0.171. The molecule has 0 amide bonds. The van der Waals surface area contributed by atoms with Crippen LogP contribution in [0.5, 0.6) is 0 Å². The Labute approximate surface area is 128 Å². The zero-order valence-electron chi connectivity index (χ0n) is 13.0. The molecule has 6 atom stereocenters. The maximum Gasteiger partial charge on any atom is 0.0322 e. The first-order chi connectivity index (χ1) is 9.17. The monoisotopic (exact) mass is 301 g/mol. The van der Waals surface area contributed by atoms with Crippen molar-refractivity contribution in [1.29, 1.82) is 0 Å². The number of hydrogen-bond acceptors (Lipinski definition) is 3. The van der Waals surface area contributed by atoms with Crippen LogP contribution in [-0.2, 0) is 0 Å². The summed E-state index contributed by atoms with van der Waals surface area (Å²) in [5, 5.41) is 5.41. The molecule has 3 heteroatoms. The Bertz CT molecular complexity index is 271. The molecule has 1 saturated heterocycles. The van der Waals surface area contributed by atoms with E-state index < -0.39 is 0 Å². The second-order valence-corrected chi connectivity index (χ2v) is 9.13. The van der Waals surface area contributed by atoms with Crippen molar-refractivity contribution in [3.05, 3.63) is 0 Å². The highest BCUT2D eigenvalue weighted by Gasteiger charge is 2.38. The molecule has 1 aliphatic heterocycles. The summed E-state index contributed by atoms with van der Waals surface area (Å²) in [6.45, 7) is 7.27. The standard InChI is InChI=1S/C16H31NS2/c1-5-14-16(19-9-8-18-14)15(17-4)13-7-6-11(2)12(3)10-13/h11-17H,5-10H2,1-4H3. The van der Waals surface area contributed by atoms with Crippen LogP contribution in [0.1, 0.15) is 46.5 Å². The van der Waals surface area contributed by atoms with E-state index in [1.807, 2.05) is 0 Å². The predicted octanol–water partition coefficient (Wildman–Crippen LogP) is 4.27. The zero-order chi connectivity index (χ0) is 13.8. The van der Waals surface area contributed by atoms with Gasteiger partial charge in [-0.05, 0) is 44.1 Å². The van der Waals surface area contributed by atoms with Crippen molar-refractivity contribution in [1.82, 2.24) is 5.32 Å². The molecule has 1 saturated carbocycles. The van der Waals surface area contributed by atoms with Crippen LogP contribution in [0, 0.1) is 17.8 Å². The summed E-state index contributed by atoms with van der Waals surface area (Å²) in [4.78, 5) is 0. The molecule has 1 aliphatic carbocycles. The average molecular weight is 302 g/mol. The minimum absolute atomic E-state index is 0.734. The van der Waals surface area contributed by atoms with Crippen molar-refractivity contribution in [2.45, 2.75) is 63.0 Å². The van der Waals surface area contributed by atoms with Crippen LogP contribution in [0.2, 0.25) is 0 Å². The van der Waals surface area contributed by atoms with Crippen LogP contribution >= 0.6 is 23.5 Å². The fraction of sp³-hybridized carbons (Fsp3) is 1.00. The first kappa shape index (κ1) is 16.0. The van der Waals surface area contributed by atoms with Gasteiger partial charge in [0, 0.05) is 28.0 Å². The first-order valence-corrected chi connectivity index (χ1v) is 10.2. The summed E-state index contributed by atoms with van der Waals surface area (Å²) < 4.78 is 0. The van der Waals surface area contributed by atoms with Gasteiger partial charge < -0.3 is 5.32 Å². The second-order valence-electron chi connectivity index (χ2n) is 6.50. The van der Waals surface area contributed by atoms with Crippen molar-refractivity contribution in [2.24, 2.45) is 17.8 Å². The largest absolute Gasteiger partial charge is 0.316 e. The normalized spacial score (nSPS) is 42.0. The molecule has 6 unspecified atom stereocenters. The molecule has 0 aromatic rings. The van der Waals surface area contributed by atoms with E-state index in [9.17, 15) is 0 Å². The molecule has 19 heavy (non-hydrogen) atoms. The van der Waals surface area contributed by atoms with Crippen molar-refractivity contribution < 1.29 is 0 Å². The number of nitrogens with one attached hydrogen (secondary N) is 1. The molecule has 0 aromatic heterocycles. The Balaban J connectivity index is 2.01. The smallest absolute Gasteiger partial charge is 0.0322 e. The molecule has 1 heterocycles. The summed E-state index contributed by atoms with van der Waals surface area (Å²) >= 11 is 4.46. The van der Waals surface area contributed by atoms with E-state index in [-0.39, 0.29) is 0 Å². The van der Waals surface area contributed by atoms with Crippen LogP contribution in [0.25, 0.3) is 0 Å². The molecule has 112 valence electrons. The number of thioether (sulfide) groups is 2. The van der Waals surface area contributed by atoms with Gasteiger partial charge in [-0.1, -0.05) is 27.2 Å². The van der Waals surface area contributed by atoms with Crippen LogP contribution < -0.4 is 5.32 Å². The summed E-state index contributed by atoms with van der Waals surface area (Å²) in [7, 11) is 2.19. The number of hydrogen-bond donors (Lipinski definition) is 1. The van der Waals surface area contributed by atoms with Gasteiger partial charge in [-0.2, -0.15) is 23.5 Å². The lowest BCUT2D eigenvalue weighted by Gasteiger charge is -2.43. The minimum Gasteiger partial charge on any atom is -0.316 e. The average Bonchev–Trinajstić information content (AvgIpc) is 2.44. The molecule has 2 rings (SSSR count). The van der Waals surface area contributed by atoms with Gasteiger partial charge in [0.2, 0.25) is 0 Å². The lowest BCUT2D eigenvalue weighted by Crippen LogP contribution is -2.49. The topological polar surface area (TPSA) is 12.0 Å². The third kappa shape index (κ3) is 3.85. The lowest BCUT2D eigenvalue weighted by atomic mass is 9.72. The SMILES string of the molecule is CCC1SCCSC1C(NC)C1CCC(C)C(C)C1. The highest BCUT2D eigenvalue weighted by atomic mass is 32.2. The van der Waals surface area contributed by atoms with E-state index in [0.29, 0.717) is 0 Å². The van der Waals surface area contributed by atoms with E-state index >= 15 is 0 Å². The Kier molecular flexibility index (Phi) is 6.42. The highest BCUT2D eigenvalue weighted by Crippen LogP contribution is 2.42. The molecule has 2 fully saturated rings. The molecule has 0 bridgehead atoms. The van der Waals surface area contributed by atoms with E-state index in [2.05, 4.69) is 56.7 Å². The zero-order valence-corrected chi connectivity index (χ0v) is 14.7. The maximum atomic E-state index is 3.71. The van der Waals surface area contributed by atoms with Gasteiger partial charge in [0.15, 0.2) is 0 Å². The van der Waals surface area contributed by atoms with Gasteiger partial charge in [-0.25, -0.2) is 0 Å². The summed E-state index contributed by atoms with van der Waals surface area (Å²) in [6, 6.07) is 0.734. The third-order valence-corrected chi connectivity index (χ3v) is 8.70. The predicted molar refractivity (Wildman–Crippen MR) is 91.3 cm³/mol. The van der Waals surface area contributed by atoms with Crippen LogP contribution in [0.15, 0.2) is 0 Å². The van der Waals surface area contributed by atoms with Gasteiger partial charge in [-0.15, -0.1) is 0 Å².